The molecule has 32 heavy (non-hydrogen) atoms. The molecule has 3 amide bonds. The Bertz CT molecular complexity index is 1160. The molecular formula is C21H23ClN6O4. The molecule has 1 fully saturated rings. The minimum atomic E-state index is -0.996. The number of benzene rings is 1. The smallest absolute Gasteiger partial charge is 0.258 e. The zero-order valence-electron chi connectivity index (χ0n) is 17.4. The molecule has 2 aliphatic heterocycles. The molecule has 0 spiro atoms. The van der Waals surface area contributed by atoms with Crippen LogP contribution in [-0.2, 0) is 14.4 Å². The molecule has 1 aromatic heterocycles. The summed E-state index contributed by atoms with van der Waals surface area (Å²) in [5, 5.41) is 5.82. The largest absolute Gasteiger partial charge is 0.369 e. The number of halogens is 1. The highest BCUT2D eigenvalue weighted by Crippen LogP contribution is 2.31. The number of carbonyl (C=O) groups excluding carboxylic acids is 3. The molecule has 5 N–H and O–H groups in total. The lowest BCUT2D eigenvalue weighted by atomic mass is 9.92. The Morgan fingerprint density at radius 1 is 1.25 bits per heavy atom. The average Bonchev–Trinajstić information content (AvgIpc) is 2.75. The van der Waals surface area contributed by atoms with Crippen molar-refractivity contribution in [1.29, 1.82) is 0 Å². The molecule has 0 radical (unpaired) electrons. The number of aromatic amines is 1. The predicted octanol–water partition coefficient (Wildman–Crippen LogP) is 1.50. The summed E-state index contributed by atoms with van der Waals surface area (Å²) >= 11 is 6.12. The first-order chi connectivity index (χ1) is 15.2. The fourth-order valence-electron chi connectivity index (χ4n) is 4.01. The number of carbonyl (C=O) groups is 3. The maximum atomic E-state index is 12.9. The van der Waals surface area contributed by atoms with Gasteiger partial charge < -0.3 is 21.3 Å². The van der Waals surface area contributed by atoms with Gasteiger partial charge in [-0.05, 0) is 37.5 Å². The van der Waals surface area contributed by atoms with Crippen LogP contribution in [0, 0.1) is 12.8 Å². The Morgan fingerprint density at radius 2 is 1.97 bits per heavy atom. The Labute approximate surface area is 188 Å². The Hall–Kier alpha value is -3.40. The van der Waals surface area contributed by atoms with Crippen molar-refractivity contribution in [1.82, 2.24) is 9.97 Å². The lowest BCUT2D eigenvalue weighted by Gasteiger charge is -2.32. The summed E-state index contributed by atoms with van der Waals surface area (Å²) in [4.78, 5) is 58.5. The first-order valence-corrected chi connectivity index (χ1v) is 10.7. The zero-order valence-corrected chi connectivity index (χ0v) is 18.2. The molecule has 1 aromatic carbocycles. The molecule has 1 atom stereocenters. The number of rotatable bonds is 4. The maximum absolute atomic E-state index is 12.9. The van der Waals surface area contributed by atoms with Crippen LogP contribution in [0.3, 0.4) is 0 Å². The zero-order chi connectivity index (χ0) is 23.0. The highest BCUT2D eigenvalue weighted by molar-refractivity contribution is 6.31. The quantitative estimate of drug-likeness (QED) is 0.545. The molecule has 0 bridgehead atoms. The van der Waals surface area contributed by atoms with Gasteiger partial charge in [0.1, 0.15) is 5.82 Å². The first-order valence-electron chi connectivity index (χ1n) is 10.3. The Balaban J connectivity index is 1.59. The number of primary amides is 1. The van der Waals surface area contributed by atoms with Crippen molar-refractivity contribution in [3.63, 3.8) is 0 Å². The number of H-pyrrole nitrogens is 1. The highest BCUT2D eigenvalue weighted by atomic mass is 35.5. The molecule has 2 aromatic rings. The van der Waals surface area contributed by atoms with E-state index in [1.54, 1.807) is 18.2 Å². The highest BCUT2D eigenvalue weighted by Gasteiger charge is 2.35. The van der Waals surface area contributed by atoms with Gasteiger partial charge in [0.15, 0.2) is 0 Å². The third-order valence-corrected chi connectivity index (χ3v) is 6.30. The number of fused-ring (bicyclic) bond motifs is 1. The van der Waals surface area contributed by atoms with E-state index in [1.807, 2.05) is 11.8 Å². The molecule has 4 rings (SSSR count). The number of piperidine rings is 1. The van der Waals surface area contributed by atoms with E-state index in [0.717, 1.165) is 5.56 Å². The van der Waals surface area contributed by atoms with Crippen LogP contribution in [0.4, 0.5) is 17.5 Å². The number of aromatic nitrogens is 2. The van der Waals surface area contributed by atoms with Gasteiger partial charge in [0.2, 0.25) is 23.7 Å². The van der Waals surface area contributed by atoms with E-state index in [1.165, 1.54) is 0 Å². The predicted molar refractivity (Wildman–Crippen MR) is 120 cm³/mol. The summed E-state index contributed by atoms with van der Waals surface area (Å²) in [6.45, 7) is 2.82. The first kappa shape index (κ1) is 21.8. The number of hydrogen-bond acceptors (Lipinski definition) is 6. The van der Waals surface area contributed by atoms with Crippen molar-refractivity contribution >= 4 is 46.8 Å². The van der Waals surface area contributed by atoms with Gasteiger partial charge in [-0.1, -0.05) is 17.7 Å². The van der Waals surface area contributed by atoms with Crippen LogP contribution in [0.2, 0.25) is 5.02 Å². The molecule has 168 valence electrons. The van der Waals surface area contributed by atoms with Crippen LogP contribution in [0.15, 0.2) is 23.0 Å². The number of anilines is 3. The van der Waals surface area contributed by atoms with Gasteiger partial charge in [-0.2, -0.15) is 4.98 Å². The Kier molecular flexibility index (Phi) is 5.88. The summed E-state index contributed by atoms with van der Waals surface area (Å²) in [5.74, 6) is -2.10. The number of nitrogens with zero attached hydrogens (tertiary/aromatic N) is 2. The lowest BCUT2D eigenvalue weighted by Crippen LogP contribution is -2.41. The van der Waals surface area contributed by atoms with Crippen LogP contribution >= 0.6 is 11.6 Å². The second kappa shape index (κ2) is 8.62. The Morgan fingerprint density at radius 3 is 2.62 bits per heavy atom. The van der Waals surface area contributed by atoms with Gasteiger partial charge in [-0.25, -0.2) is 0 Å². The minimum Gasteiger partial charge on any atom is -0.369 e. The van der Waals surface area contributed by atoms with E-state index < -0.39 is 23.3 Å². The van der Waals surface area contributed by atoms with Gasteiger partial charge in [0.25, 0.3) is 5.56 Å². The fraction of sp³-hybridized carbons (Fsp3) is 0.381. The van der Waals surface area contributed by atoms with E-state index >= 15 is 0 Å². The topological polar surface area (TPSA) is 150 Å². The normalized spacial score (nSPS) is 18.6. The van der Waals surface area contributed by atoms with Crippen LogP contribution in [-0.4, -0.2) is 40.8 Å². The molecule has 1 unspecified atom stereocenters. The van der Waals surface area contributed by atoms with Gasteiger partial charge in [0.05, 0.1) is 11.5 Å². The summed E-state index contributed by atoms with van der Waals surface area (Å²) in [6.07, 6.45) is 0.922. The van der Waals surface area contributed by atoms with Gasteiger partial charge >= 0.3 is 0 Å². The van der Waals surface area contributed by atoms with E-state index in [9.17, 15) is 19.2 Å². The number of hydrogen-bond donors (Lipinski definition) is 4. The van der Waals surface area contributed by atoms with Gasteiger partial charge in [-0.15, -0.1) is 0 Å². The minimum absolute atomic E-state index is 0.0686. The number of nitrogens with two attached hydrogens (primary N) is 1. The van der Waals surface area contributed by atoms with Crippen molar-refractivity contribution in [2.24, 2.45) is 11.7 Å². The van der Waals surface area contributed by atoms with Crippen molar-refractivity contribution in [3.05, 3.63) is 44.7 Å². The van der Waals surface area contributed by atoms with E-state index in [-0.39, 0.29) is 35.6 Å². The number of amides is 3. The number of nitrogens with one attached hydrogen (secondary N) is 3. The summed E-state index contributed by atoms with van der Waals surface area (Å²) in [7, 11) is 0. The molecule has 0 saturated carbocycles. The van der Waals surface area contributed by atoms with Crippen LogP contribution in [0.1, 0.15) is 36.3 Å². The second-order valence-corrected chi connectivity index (χ2v) is 8.48. The van der Waals surface area contributed by atoms with Gasteiger partial charge in [-0.3, -0.25) is 24.2 Å². The molecular weight excluding hydrogens is 436 g/mol. The third kappa shape index (κ3) is 4.31. The van der Waals surface area contributed by atoms with E-state index in [0.29, 0.717) is 36.6 Å². The molecule has 1 saturated heterocycles. The third-order valence-electron chi connectivity index (χ3n) is 5.89. The molecule has 10 nitrogen and oxygen atoms in total. The second-order valence-electron chi connectivity index (χ2n) is 8.07. The summed E-state index contributed by atoms with van der Waals surface area (Å²) in [5.41, 5.74) is 6.31. The standard InChI is InChI=1S/C21H23ClN6O4/c1-10-2-3-12(8-14(10)22)24-19(31)13-9-15(29)25-18-16(13)20(32)27-21(26-18)28-6-4-11(5-7-28)17(23)30/h2-3,8,11,13H,4-7,9H2,1H3,(H2,23,30)(H,24,31)(H2,25,26,27,29,32). The van der Waals surface area contributed by atoms with Crippen LogP contribution < -0.4 is 26.8 Å². The lowest BCUT2D eigenvalue weighted by molar-refractivity contribution is -0.123. The van der Waals surface area contributed by atoms with Crippen molar-refractivity contribution in [2.75, 3.05) is 28.6 Å². The molecule has 2 aliphatic rings. The molecule has 11 heteroatoms. The van der Waals surface area contributed by atoms with E-state index in [4.69, 9.17) is 17.3 Å². The van der Waals surface area contributed by atoms with Crippen molar-refractivity contribution in [3.8, 4) is 0 Å². The van der Waals surface area contributed by atoms with Crippen LogP contribution in [0.5, 0.6) is 0 Å². The van der Waals surface area contributed by atoms with E-state index in [2.05, 4.69) is 20.6 Å². The van der Waals surface area contributed by atoms with Gasteiger partial charge in [0, 0.05) is 36.1 Å². The van der Waals surface area contributed by atoms with Crippen molar-refractivity contribution in [2.45, 2.75) is 32.1 Å². The van der Waals surface area contributed by atoms with Crippen LogP contribution in [0.25, 0.3) is 0 Å². The fourth-order valence-corrected chi connectivity index (χ4v) is 4.19. The summed E-state index contributed by atoms with van der Waals surface area (Å²) in [6, 6.07) is 5.08. The van der Waals surface area contributed by atoms with Crippen molar-refractivity contribution < 1.29 is 14.4 Å². The monoisotopic (exact) mass is 458 g/mol. The molecule has 3 heterocycles. The molecule has 0 aliphatic carbocycles. The maximum Gasteiger partial charge on any atom is 0.258 e. The SMILES string of the molecule is Cc1ccc(NC(=O)C2CC(=O)Nc3nc(N4CCC(C(N)=O)CC4)[nH]c(=O)c32)cc1Cl. The number of aryl methyl sites for hydroxylation is 1. The summed E-state index contributed by atoms with van der Waals surface area (Å²) < 4.78 is 0. The average molecular weight is 459 g/mol.